The third-order valence-corrected chi connectivity index (χ3v) is 8.78. The molecule has 0 aliphatic carbocycles. The van der Waals surface area contributed by atoms with E-state index >= 15 is 0 Å². The Bertz CT molecular complexity index is 2160. The van der Waals surface area contributed by atoms with Gasteiger partial charge in [-0.25, -0.2) is 0 Å². The van der Waals surface area contributed by atoms with Gasteiger partial charge in [0.05, 0.1) is 11.4 Å². The first-order valence-electron chi connectivity index (χ1n) is 16.1. The van der Waals surface area contributed by atoms with Crippen molar-refractivity contribution in [2.45, 2.75) is 13.8 Å². The standard InChI is InChI=1S/C46H41N3/c1-7-15-42(31-48)38-23-21-37(22-24-38)41-25-26-44(36(9-3)28-41)46-34(6)33(5)45(49(46)43-19-11-10-12-20-43)30-35(8-2)40-18-13-17-39(29-40)32(4)16-14-27-47/h7-31,47-48H,1-4H2,5-6H3/b16-14-,35-30+,42-15+,47-27?,48-31?. The Kier molecular flexibility index (Phi) is 10.8. The lowest BCUT2D eigenvalue weighted by Gasteiger charge is -2.17. The molecule has 0 aliphatic rings. The lowest BCUT2D eigenvalue weighted by Crippen LogP contribution is -2.01. The van der Waals surface area contributed by atoms with Gasteiger partial charge in [-0.3, -0.25) is 0 Å². The number of aromatic nitrogens is 1. The number of para-hydroxylation sites is 1. The molecule has 0 atom stereocenters. The highest BCUT2D eigenvalue weighted by molar-refractivity contribution is 6.08. The maximum Gasteiger partial charge on any atom is 0.0572 e. The maximum atomic E-state index is 7.75. The van der Waals surface area contributed by atoms with Crippen molar-refractivity contribution < 1.29 is 0 Å². The molecule has 3 heteroatoms. The van der Waals surface area contributed by atoms with Crippen LogP contribution < -0.4 is 0 Å². The van der Waals surface area contributed by atoms with Gasteiger partial charge in [0.25, 0.3) is 0 Å². The van der Waals surface area contributed by atoms with Gasteiger partial charge in [-0.2, -0.15) is 0 Å². The highest BCUT2D eigenvalue weighted by Gasteiger charge is 2.21. The number of rotatable bonds is 13. The minimum absolute atomic E-state index is 0.815. The van der Waals surface area contributed by atoms with Crippen molar-refractivity contribution in [2.75, 3.05) is 0 Å². The van der Waals surface area contributed by atoms with Gasteiger partial charge < -0.3 is 15.4 Å². The van der Waals surface area contributed by atoms with Crippen molar-refractivity contribution in [2.24, 2.45) is 0 Å². The molecule has 1 heterocycles. The van der Waals surface area contributed by atoms with Crippen molar-refractivity contribution in [1.82, 2.24) is 4.57 Å². The molecule has 3 nitrogen and oxygen atoms in total. The number of nitrogens with zero attached hydrogens (tertiary/aromatic N) is 1. The zero-order valence-corrected chi connectivity index (χ0v) is 28.2. The van der Waals surface area contributed by atoms with E-state index in [1.165, 1.54) is 23.6 Å². The van der Waals surface area contributed by atoms with E-state index in [1.807, 2.05) is 54.6 Å². The fourth-order valence-electron chi connectivity index (χ4n) is 6.07. The Morgan fingerprint density at radius 1 is 0.714 bits per heavy atom. The second kappa shape index (κ2) is 15.5. The van der Waals surface area contributed by atoms with Crippen molar-refractivity contribution in [1.29, 1.82) is 10.8 Å². The third kappa shape index (κ3) is 7.17. The number of hydrogen-bond donors (Lipinski definition) is 2. The largest absolute Gasteiger partial charge is 0.309 e. The summed E-state index contributed by atoms with van der Waals surface area (Å²) in [5.41, 5.74) is 15.6. The molecule has 0 radical (unpaired) electrons. The molecule has 4 aromatic carbocycles. The zero-order valence-electron chi connectivity index (χ0n) is 28.2. The first-order chi connectivity index (χ1) is 23.8. The molecule has 240 valence electrons. The molecule has 5 aromatic rings. The van der Waals surface area contributed by atoms with Gasteiger partial charge in [0.1, 0.15) is 0 Å². The van der Waals surface area contributed by atoms with E-state index in [-0.39, 0.29) is 0 Å². The molecule has 0 saturated carbocycles. The van der Waals surface area contributed by atoms with Crippen LogP contribution in [0.1, 0.15) is 39.1 Å². The summed E-state index contributed by atoms with van der Waals surface area (Å²) >= 11 is 0. The Balaban J connectivity index is 1.66. The molecule has 0 bridgehead atoms. The Hall–Kier alpha value is -6.32. The topological polar surface area (TPSA) is 52.6 Å². The first-order valence-corrected chi connectivity index (χ1v) is 16.1. The number of hydrogen-bond acceptors (Lipinski definition) is 2. The normalized spacial score (nSPS) is 11.7. The van der Waals surface area contributed by atoms with Crippen molar-refractivity contribution in [3.05, 3.63) is 193 Å². The van der Waals surface area contributed by atoms with E-state index in [2.05, 4.69) is 118 Å². The summed E-state index contributed by atoms with van der Waals surface area (Å²) in [6.45, 7) is 20.7. The molecule has 1 aromatic heterocycles. The molecular formula is C46H41N3. The third-order valence-electron chi connectivity index (χ3n) is 8.78. The molecule has 0 saturated heterocycles. The highest BCUT2D eigenvalue weighted by atomic mass is 15.0. The predicted octanol–water partition coefficient (Wildman–Crippen LogP) is 12.2. The van der Waals surface area contributed by atoms with E-state index in [9.17, 15) is 0 Å². The van der Waals surface area contributed by atoms with Crippen LogP contribution in [0.2, 0.25) is 0 Å². The quantitative estimate of drug-likeness (QED) is 0.0955. The second-order valence-electron chi connectivity index (χ2n) is 11.7. The lowest BCUT2D eigenvalue weighted by atomic mass is 9.94. The van der Waals surface area contributed by atoms with Crippen molar-refractivity contribution in [3.8, 4) is 28.1 Å². The van der Waals surface area contributed by atoms with Crippen LogP contribution in [0.5, 0.6) is 0 Å². The minimum atomic E-state index is 0.815. The smallest absolute Gasteiger partial charge is 0.0572 e. The summed E-state index contributed by atoms with van der Waals surface area (Å²) in [4.78, 5) is 0. The van der Waals surface area contributed by atoms with Gasteiger partial charge in [-0.15, -0.1) is 0 Å². The number of nitrogens with one attached hydrogen (secondary N) is 2. The summed E-state index contributed by atoms with van der Waals surface area (Å²) in [5.74, 6) is 0. The Morgan fingerprint density at radius 3 is 2.08 bits per heavy atom. The molecule has 0 unspecified atom stereocenters. The van der Waals surface area contributed by atoms with Gasteiger partial charge in [-0.05, 0) is 111 Å². The van der Waals surface area contributed by atoms with E-state index in [1.54, 1.807) is 12.2 Å². The molecular weight excluding hydrogens is 595 g/mol. The van der Waals surface area contributed by atoms with Crippen LogP contribution in [-0.4, -0.2) is 17.0 Å². The molecule has 0 aliphatic heterocycles. The SMILES string of the molecule is C=C/C=C(\C=N)c1ccc(-c2ccc(-c3c(C)c(C)c(/C=C(\C=C)c4cccc(C(=C)/C=C\C=N)c4)n3-c3ccccc3)c(C=C)c2)cc1. The summed E-state index contributed by atoms with van der Waals surface area (Å²) in [5, 5.41) is 15.1. The van der Waals surface area contributed by atoms with Gasteiger partial charge in [-0.1, -0.05) is 129 Å². The van der Waals surface area contributed by atoms with Gasteiger partial charge in [0, 0.05) is 23.7 Å². The van der Waals surface area contributed by atoms with E-state index in [0.717, 1.165) is 72.7 Å². The minimum Gasteiger partial charge on any atom is -0.309 e. The highest BCUT2D eigenvalue weighted by Crippen LogP contribution is 2.39. The molecule has 0 amide bonds. The summed E-state index contributed by atoms with van der Waals surface area (Å²) in [7, 11) is 0. The fourth-order valence-corrected chi connectivity index (χ4v) is 6.07. The second-order valence-corrected chi connectivity index (χ2v) is 11.7. The monoisotopic (exact) mass is 635 g/mol. The van der Waals surface area contributed by atoms with Crippen LogP contribution >= 0.6 is 0 Å². The zero-order chi connectivity index (χ0) is 34.9. The van der Waals surface area contributed by atoms with E-state index in [4.69, 9.17) is 10.8 Å². The van der Waals surface area contributed by atoms with Crippen LogP contribution in [0.15, 0.2) is 154 Å². The molecule has 5 rings (SSSR count). The molecule has 2 N–H and O–H groups in total. The van der Waals surface area contributed by atoms with E-state index in [0.29, 0.717) is 0 Å². The maximum absolute atomic E-state index is 7.75. The molecule has 0 spiro atoms. The summed E-state index contributed by atoms with van der Waals surface area (Å²) < 4.78 is 2.34. The lowest BCUT2D eigenvalue weighted by molar-refractivity contribution is 1.06. The predicted molar refractivity (Wildman–Crippen MR) is 215 cm³/mol. The summed E-state index contributed by atoms with van der Waals surface area (Å²) in [6, 6.07) is 33.5. The van der Waals surface area contributed by atoms with Crippen LogP contribution in [0.25, 0.3) is 56.9 Å². The average molecular weight is 636 g/mol. The van der Waals surface area contributed by atoms with E-state index < -0.39 is 0 Å². The molecule has 49 heavy (non-hydrogen) atoms. The van der Waals surface area contributed by atoms with Crippen LogP contribution in [-0.2, 0) is 0 Å². The van der Waals surface area contributed by atoms with Gasteiger partial charge in [0.2, 0.25) is 0 Å². The number of allylic oxidation sites excluding steroid dienone is 8. The van der Waals surface area contributed by atoms with Gasteiger partial charge >= 0.3 is 0 Å². The molecule has 0 fully saturated rings. The Morgan fingerprint density at radius 2 is 1.43 bits per heavy atom. The van der Waals surface area contributed by atoms with Crippen LogP contribution in [0.4, 0.5) is 0 Å². The average Bonchev–Trinajstić information content (AvgIpc) is 3.39. The summed E-state index contributed by atoms with van der Waals surface area (Å²) in [6.07, 6.45) is 15.7. The fraction of sp³-hybridized carbons (Fsp3) is 0.0435. The van der Waals surface area contributed by atoms with Crippen LogP contribution in [0.3, 0.4) is 0 Å². The number of benzene rings is 4. The van der Waals surface area contributed by atoms with Gasteiger partial charge in [0.15, 0.2) is 0 Å². The van der Waals surface area contributed by atoms with Crippen molar-refractivity contribution >= 4 is 41.3 Å². The van der Waals surface area contributed by atoms with Crippen LogP contribution in [0, 0.1) is 24.7 Å². The Labute approximate surface area is 290 Å². The first kappa shape index (κ1) is 34.0. The van der Waals surface area contributed by atoms with Crippen molar-refractivity contribution in [3.63, 3.8) is 0 Å².